The number of carbonyl (C=O) groups excluding carboxylic acids is 1. The highest BCUT2D eigenvalue weighted by atomic mass is 16.4. The number of hydrogen-bond donors (Lipinski definition) is 3. The van der Waals surface area contributed by atoms with E-state index in [-0.39, 0.29) is 18.1 Å². The maximum atomic E-state index is 12.1. The van der Waals surface area contributed by atoms with Crippen LogP contribution in [-0.4, -0.2) is 29.2 Å². The topological polar surface area (TPSA) is 78.4 Å². The minimum atomic E-state index is -0.824. The molecule has 0 saturated heterocycles. The average Bonchev–Trinajstić information content (AvgIpc) is 2.75. The van der Waals surface area contributed by atoms with Crippen LogP contribution < -0.4 is 10.6 Å². The largest absolute Gasteiger partial charge is 0.481 e. The summed E-state index contributed by atoms with van der Waals surface area (Å²) in [6, 6.07) is -0.247. The Morgan fingerprint density at radius 2 is 1.80 bits per heavy atom. The smallest absolute Gasteiger partial charge is 0.315 e. The molecule has 0 aromatic rings. The first kappa shape index (κ1) is 15.1. The Balaban J connectivity index is 1.89. The molecule has 0 aromatic heterocycles. The van der Waals surface area contributed by atoms with Crippen LogP contribution in [0.5, 0.6) is 0 Å². The zero-order valence-electron chi connectivity index (χ0n) is 12.4. The predicted octanol–water partition coefficient (Wildman–Crippen LogP) is 2.51. The summed E-state index contributed by atoms with van der Waals surface area (Å²) in [7, 11) is 0. The molecule has 0 aliphatic heterocycles. The molecule has 2 fully saturated rings. The van der Waals surface area contributed by atoms with E-state index in [1.54, 1.807) is 6.92 Å². The third kappa shape index (κ3) is 3.07. The molecular weight excluding hydrogens is 256 g/mol. The number of hydrogen-bond acceptors (Lipinski definition) is 2. The Morgan fingerprint density at radius 1 is 1.10 bits per heavy atom. The summed E-state index contributed by atoms with van der Waals surface area (Å²) >= 11 is 0. The predicted molar refractivity (Wildman–Crippen MR) is 76.5 cm³/mol. The summed E-state index contributed by atoms with van der Waals surface area (Å²) < 4.78 is 0. The van der Waals surface area contributed by atoms with Crippen LogP contribution in [0.3, 0.4) is 0 Å². The van der Waals surface area contributed by atoms with Crippen LogP contribution in [0.4, 0.5) is 4.79 Å². The van der Waals surface area contributed by atoms with E-state index in [9.17, 15) is 14.7 Å². The Kier molecular flexibility index (Phi) is 4.55. The van der Waals surface area contributed by atoms with Gasteiger partial charge in [-0.05, 0) is 38.5 Å². The van der Waals surface area contributed by atoms with Crippen molar-refractivity contribution in [2.45, 2.75) is 70.9 Å². The van der Waals surface area contributed by atoms with Crippen molar-refractivity contribution < 1.29 is 14.7 Å². The van der Waals surface area contributed by atoms with Crippen LogP contribution in [0.15, 0.2) is 0 Å². The molecule has 2 amide bonds. The molecule has 2 saturated carbocycles. The van der Waals surface area contributed by atoms with E-state index in [0.29, 0.717) is 12.3 Å². The van der Waals surface area contributed by atoms with Gasteiger partial charge in [0.05, 0.1) is 5.41 Å². The summed E-state index contributed by atoms with van der Waals surface area (Å²) in [5.41, 5.74) is -0.824. The maximum absolute atomic E-state index is 12.1. The molecule has 20 heavy (non-hydrogen) atoms. The van der Waals surface area contributed by atoms with Crippen molar-refractivity contribution in [3.63, 3.8) is 0 Å². The third-order valence-electron chi connectivity index (χ3n) is 5.18. The van der Waals surface area contributed by atoms with E-state index < -0.39 is 11.4 Å². The molecule has 2 aliphatic carbocycles. The second-order valence-corrected chi connectivity index (χ2v) is 6.65. The minimum absolute atomic E-state index is 0.205. The first-order valence-electron chi connectivity index (χ1n) is 7.74. The molecule has 4 unspecified atom stereocenters. The van der Waals surface area contributed by atoms with Crippen molar-refractivity contribution in [3.05, 3.63) is 0 Å². The zero-order chi connectivity index (χ0) is 14.8. The van der Waals surface area contributed by atoms with E-state index in [0.717, 1.165) is 32.1 Å². The molecule has 5 heteroatoms. The van der Waals surface area contributed by atoms with Gasteiger partial charge in [-0.1, -0.05) is 26.2 Å². The molecule has 5 nitrogen and oxygen atoms in total. The van der Waals surface area contributed by atoms with Crippen molar-refractivity contribution in [1.29, 1.82) is 0 Å². The fourth-order valence-electron chi connectivity index (χ4n) is 3.55. The molecule has 114 valence electrons. The van der Waals surface area contributed by atoms with Crippen LogP contribution in [0.2, 0.25) is 0 Å². The van der Waals surface area contributed by atoms with Gasteiger partial charge < -0.3 is 15.7 Å². The van der Waals surface area contributed by atoms with E-state index in [1.165, 1.54) is 6.42 Å². The second-order valence-electron chi connectivity index (χ2n) is 6.65. The van der Waals surface area contributed by atoms with Crippen LogP contribution in [-0.2, 0) is 4.79 Å². The van der Waals surface area contributed by atoms with Gasteiger partial charge in [0.15, 0.2) is 0 Å². The minimum Gasteiger partial charge on any atom is -0.481 e. The van der Waals surface area contributed by atoms with Gasteiger partial charge in [-0.25, -0.2) is 4.79 Å². The molecule has 0 radical (unpaired) electrons. The van der Waals surface area contributed by atoms with Crippen molar-refractivity contribution >= 4 is 12.0 Å². The molecule has 0 bridgehead atoms. The highest BCUT2D eigenvalue weighted by molar-refractivity contribution is 5.79. The molecule has 3 N–H and O–H groups in total. The molecular formula is C15H26N2O3. The van der Waals surface area contributed by atoms with E-state index in [4.69, 9.17) is 0 Å². The van der Waals surface area contributed by atoms with Crippen LogP contribution in [0.1, 0.15) is 58.8 Å². The summed E-state index contributed by atoms with van der Waals surface area (Å²) in [5, 5.41) is 15.3. The fourth-order valence-corrected chi connectivity index (χ4v) is 3.55. The Labute approximate surface area is 120 Å². The quantitative estimate of drug-likeness (QED) is 0.744. The first-order chi connectivity index (χ1) is 9.43. The molecule has 0 heterocycles. The number of carboxylic acid groups (broad SMARTS) is 1. The number of urea groups is 1. The summed E-state index contributed by atoms with van der Waals surface area (Å²) in [6.07, 6.45) is 6.81. The maximum Gasteiger partial charge on any atom is 0.315 e. The summed E-state index contributed by atoms with van der Waals surface area (Å²) in [5.74, 6) is -0.310. The lowest BCUT2D eigenvalue weighted by molar-refractivity contribution is -0.148. The van der Waals surface area contributed by atoms with Crippen LogP contribution >= 0.6 is 0 Å². The molecule has 0 spiro atoms. The molecule has 4 atom stereocenters. The SMILES string of the molecule is CC1CCCCC1NC(=O)NC1CCCC1(C)C(=O)O. The van der Waals surface area contributed by atoms with E-state index in [2.05, 4.69) is 17.6 Å². The van der Waals surface area contributed by atoms with Crippen LogP contribution in [0.25, 0.3) is 0 Å². The van der Waals surface area contributed by atoms with Crippen molar-refractivity contribution in [1.82, 2.24) is 10.6 Å². The van der Waals surface area contributed by atoms with Gasteiger partial charge in [0.1, 0.15) is 0 Å². The van der Waals surface area contributed by atoms with Gasteiger partial charge in [0, 0.05) is 12.1 Å². The molecule has 2 rings (SSSR count). The molecule has 0 aromatic carbocycles. The normalized spacial score (nSPS) is 37.4. The van der Waals surface area contributed by atoms with Gasteiger partial charge >= 0.3 is 12.0 Å². The standard InChI is InChI=1S/C15H26N2O3/c1-10-6-3-4-7-11(10)16-14(20)17-12-8-5-9-15(12,2)13(18)19/h10-12H,3-9H2,1-2H3,(H,18,19)(H2,16,17,20). The molecule has 2 aliphatic rings. The Morgan fingerprint density at radius 3 is 2.45 bits per heavy atom. The highest BCUT2D eigenvalue weighted by Gasteiger charge is 2.46. The van der Waals surface area contributed by atoms with Gasteiger partial charge in [0.2, 0.25) is 0 Å². The number of carboxylic acids is 1. The van der Waals surface area contributed by atoms with Gasteiger partial charge in [-0.3, -0.25) is 4.79 Å². The van der Waals surface area contributed by atoms with E-state index >= 15 is 0 Å². The lowest BCUT2D eigenvalue weighted by Gasteiger charge is -2.32. The summed E-state index contributed by atoms with van der Waals surface area (Å²) in [6.45, 7) is 3.90. The van der Waals surface area contributed by atoms with Gasteiger partial charge in [0.25, 0.3) is 0 Å². The monoisotopic (exact) mass is 282 g/mol. The Hall–Kier alpha value is -1.26. The lowest BCUT2D eigenvalue weighted by atomic mass is 9.84. The average molecular weight is 282 g/mol. The van der Waals surface area contributed by atoms with Crippen molar-refractivity contribution in [2.24, 2.45) is 11.3 Å². The first-order valence-corrected chi connectivity index (χ1v) is 7.74. The number of rotatable bonds is 3. The third-order valence-corrected chi connectivity index (χ3v) is 5.18. The van der Waals surface area contributed by atoms with Gasteiger partial charge in [-0.2, -0.15) is 0 Å². The number of amides is 2. The van der Waals surface area contributed by atoms with Crippen LogP contribution in [0, 0.1) is 11.3 Å². The second kappa shape index (κ2) is 6.02. The van der Waals surface area contributed by atoms with Gasteiger partial charge in [-0.15, -0.1) is 0 Å². The van der Waals surface area contributed by atoms with E-state index in [1.807, 2.05) is 0 Å². The Bertz CT molecular complexity index is 385. The fraction of sp³-hybridized carbons (Fsp3) is 0.867. The zero-order valence-corrected chi connectivity index (χ0v) is 12.4. The summed E-state index contributed by atoms with van der Waals surface area (Å²) in [4.78, 5) is 23.5. The highest BCUT2D eigenvalue weighted by Crippen LogP contribution is 2.38. The van der Waals surface area contributed by atoms with Crippen molar-refractivity contribution in [2.75, 3.05) is 0 Å². The van der Waals surface area contributed by atoms with Crippen molar-refractivity contribution in [3.8, 4) is 0 Å². The number of nitrogens with one attached hydrogen (secondary N) is 2. The lowest BCUT2D eigenvalue weighted by Crippen LogP contribution is -2.53. The number of carbonyl (C=O) groups is 2. The number of aliphatic carboxylic acids is 1.